The number of aromatic nitrogens is 4. The summed E-state index contributed by atoms with van der Waals surface area (Å²) in [4.78, 5) is 86.5. The molecule has 1 saturated carbocycles. The topological polar surface area (TPSA) is 180 Å². The third-order valence-electron chi connectivity index (χ3n) is 15.7. The van der Waals surface area contributed by atoms with E-state index in [-0.39, 0.29) is 53.1 Å². The van der Waals surface area contributed by atoms with Crippen molar-refractivity contribution in [1.82, 2.24) is 35.1 Å². The van der Waals surface area contributed by atoms with Gasteiger partial charge in [-0.05, 0) is 133 Å². The van der Waals surface area contributed by atoms with Crippen LogP contribution in [0.4, 0.5) is 4.79 Å². The molecule has 2 aliphatic heterocycles. The Morgan fingerprint density at radius 3 is 1.96 bits per heavy atom. The fourth-order valence-corrected chi connectivity index (χ4v) is 11.8. The zero-order valence-corrected chi connectivity index (χ0v) is 41.0. The van der Waals surface area contributed by atoms with Gasteiger partial charge in [0.25, 0.3) is 5.56 Å². The summed E-state index contributed by atoms with van der Waals surface area (Å²) < 4.78 is 9.76. The standard InChI is InChI=1S/C55H67N7O7/c1-32(2)39(28-47(63)68-5)52(65)61-25-11-7-13-45(61)49-56-31-44(58-49)35-17-15-34(16-18-35)37-20-21-38(42-30-55(29-41(37)42)23-9-10-24-55)36-19-22-43-40(27-36)51(64)60-50(57-43)46-14-8-12-26-62(46)53(66)48(33(3)4)59-54(67)69-6/h15-22,27,31-33,39,45-46,48H,7-14,23-26,28-30H2,1-6H3,(H,56,58)(H,59,67)(H,57,60,64)/t39-,45-,46-,48-/m0/s1. The number of fused-ring (bicyclic) bond motifs is 2. The molecule has 3 amide bonds. The Bertz CT molecular complexity index is 2790. The Morgan fingerprint density at radius 1 is 0.725 bits per heavy atom. The first-order valence-corrected chi connectivity index (χ1v) is 25.1. The van der Waals surface area contributed by atoms with Crippen molar-refractivity contribution < 1.29 is 28.7 Å². The lowest BCUT2D eigenvalue weighted by molar-refractivity contribution is -0.150. The Hall–Kier alpha value is -6.31. The van der Waals surface area contributed by atoms with Gasteiger partial charge >= 0.3 is 12.1 Å². The summed E-state index contributed by atoms with van der Waals surface area (Å²) in [5.41, 5.74) is 9.70. The number of nitrogens with zero attached hydrogens (tertiary/aromatic N) is 4. The van der Waals surface area contributed by atoms with E-state index < -0.39 is 24.1 Å². The maximum atomic E-state index is 14.0. The zero-order chi connectivity index (χ0) is 48.6. The van der Waals surface area contributed by atoms with Crippen molar-refractivity contribution in [3.05, 3.63) is 93.9 Å². The molecule has 2 aliphatic carbocycles. The highest BCUT2D eigenvalue weighted by molar-refractivity contribution is 5.88. The van der Waals surface area contributed by atoms with Crippen molar-refractivity contribution in [2.45, 2.75) is 129 Å². The van der Waals surface area contributed by atoms with E-state index in [1.165, 1.54) is 56.6 Å². The van der Waals surface area contributed by atoms with E-state index >= 15 is 0 Å². The molecule has 0 radical (unpaired) electrons. The lowest BCUT2D eigenvalue weighted by atomic mass is 9.82. The van der Waals surface area contributed by atoms with Gasteiger partial charge in [0.2, 0.25) is 11.8 Å². The number of hydrogen-bond acceptors (Lipinski definition) is 9. The Labute approximate surface area is 404 Å². The predicted molar refractivity (Wildman–Crippen MR) is 265 cm³/mol. The maximum Gasteiger partial charge on any atom is 0.407 e. The molecule has 4 aliphatic rings. The average molecular weight is 938 g/mol. The van der Waals surface area contributed by atoms with E-state index in [4.69, 9.17) is 19.4 Å². The number of carbonyl (C=O) groups is 4. The summed E-state index contributed by atoms with van der Waals surface area (Å²) in [6, 6.07) is 17.7. The number of piperidine rings is 2. The molecule has 14 nitrogen and oxygen atoms in total. The molecule has 5 aromatic rings. The van der Waals surface area contributed by atoms with Crippen LogP contribution in [-0.4, -0.2) is 87.0 Å². The second-order valence-electron chi connectivity index (χ2n) is 20.7. The first kappa shape index (κ1) is 47.7. The van der Waals surface area contributed by atoms with Gasteiger partial charge in [-0.1, -0.05) is 83.0 Å². The molecule has 9 rings (SSSR count). The molecular formula is C55H67N7O7. The molecular weight excluding hydrogens is 871 g/mol. The third kappa shape index (κ3) is 9.55. The van der Waals surface area contributed by atoms with E-state index in [0.29, 0.717) is 36.2 Å². The zero-order valence-electron chi connectivity index (χ0n) is 41.0. The molecule has 364 valence electrons. The molecule has 14 heteroatoms. The van der Waals surface area contributed by atoms with Crippen molar-refractivity contribution in [2.24, 2.45) is 23.2 Å². The van der Waals surface area contributed by atoms with Gasteiger partial charge in [-0.2, -0.15) is 0 Å². The van der Waals surface area contributed by atoms with Gasteiger partial charge in [0, 0.05) is 13.1 Å². The number of esters is 1. The molecule has 4 heterocycles. The number of nitrogens with one attached hydrogen (secondary N) is 3. The summed E-state index contributed by atoms with van der Waals surface area (Å²) in [7, 11) is 2.64. The van der Waals surface area contributed by atoms with Crippen molar-refractivity contribution in [1.29, 1.82) is 0 Å². The Morgan fingerprint density at radius 2 is 1.33 bits per heavy atom. The number of benzene rings is 3. The van der Waals surface area contributed by atoms with Crippen molar-refractivity contribution in [3.8, 4) is 33.5 Å². The van der Waals surface area contributed by atoms with Crippen LogP contribution in [0.15, 0.2) is 65.6 Å². The highest BCUT2D eigenvalue weighted by Crippen LogP contribution is 2.53. The molecule has 2 saturated heterocycles. The number of aromatic amines is 2. The van der Waals surface area contributed by atoms with Crippen LogP contribution in [0.3, 0.4) is 0 Å². The van der Waals surface area contributed by atoms with Crippen LogP contribution < -0.4 is 10.9 Å². The van der Waals surface area contributed by atoms with Crippen LogP contribution in [0.2, 0.25) is 0 Å². The van der Waals surface area contributed by atoms with Gasteiger partial charge in [-0.25, -0.2) is 14.8 Å². The second kappa shape index (κ2) is 20.0. The van der Waals surface area contributed by atoms with Crippen LogP contribution in [0.1, 0.15) is 133 Å². The van der Waals surface area contributed by atoms with E-state index in [1.54, 1.807) is 4.90 Å². The minimum Gasteiger partial charge on any atom is -0.469 e. The highest BCUT2D eigenvalue weighted by atomic mass is 16.5. The van der Waals surface area contributed by atoms with E-state index in [9.17, 15) is 24.0 Å². The molecule has 69 heavy (non-hydrogen) atoms. The predicted octanol–water partition coefficient (Wildman–Crippen LogP) is 9.63. The summed E-state index contributed by atoms with van der Waals surface area (Å²) in [6.07, 6.45) is 13.2. The number of hydrogen-bond donors (Lipinski definition) is 3. The largest absolute Gasteiger partial charge is 0.469 e. The lowest BCUT2D eigenvalue weighted by Crippen LogP contribution is -2.53. The number of rotatable bonds is 12. The summed E-state index contributed by atoms with van der Waals surface area (Å²) in [5.74, 6) is -0.0257. The van der Waals surface area contributed by atoms with Gasteiger partial charge in [-0.15, -0.1) is 0 Å². The van der Waals surface area contributed by atoms with Gasteiger partial charge in [0.1, 0.15) is 17.7 Å². The van der Waals surface area contributed by atoms with Crippen molar-refractivity contribution in [3.63, 3.8) is 0 Å². The SMILES string of the molecule is COC(=O)C[C@H](C(=O)N1CCCC[C@H]1c1ncc(-c2ccc(-c3ccc(-c4ccc5nc([C@@H]6CCCCN6C(=O)[C@@H](NC(=O)OC)C(C)C)[nH]c(=O)c5c4)c4c3CC3(CCCC3)C4)cc2)[nH]1)C(C)C. The number of likely N-dealkylation sites (tertiary alicyclic amines) is 2. The number of methoxy groups -OCH3 is 2. The van der Waals surface area contributed by atoms with Crippen LogP contribution in [0.25, 0.3) is 44.4 Å². The lowest BCUT2D eigenvalue weighted by Gasteiger charge is -2.38. The summed E-state index contributed by atoms with van der Waals surface area (Å²) >= 11 is 0. The third-order valence-corrected chi connectivity index (χ3v) is 15.7. The minimum atomic E-state index is -0.774. The number of imidazole rings is 1. The Kier molecular flexibility index (Phi) is 13.8. The second-order valence-corrected chi connectivity index (χ2v) is 20.7. The highest BCUT2D eigenvalue weighted by Gasteiger charge is 2.42. The van der Waals surface area contributed by atoms with Crippen molar-refractivity contribution in [2.75, 3.05) is 27.3 Å². The monoisotopic (exact) mass is 938 g/mol. The molecule has 3 fully saturated rings. The first-order valence-electron chi connectivity index (χ1n) is 25.1. The van der Waals surface area contributed by atoms with Crippen LogP contribution in [0, 0.1) is 23.2 Å². The van der Waals surface area contributed by atoms with E-state index in [0.717, 1.165) is 78.7 Å². The van der Waals surface area contributed by atoms with Crippen LogP contribution >= 0.6 is 0 Å². The van der Waals surface area contributed by atoms with E-state index in [1.807, 2.05) is 50.9 Å². The molecule has 3 N–H and O–H groups in total. The van der Waals surface area contributed by atoms with Crippen LogP contribution in [-0.2, 0) is 36.7 Å². The summed E-state index contributed by atoms with van der Waals surface area (Å²) in [5, 5.41) is 3.21. The fraction of sp³-hybridized carbons (Fsp3) is 0.509. The number of H-pyrrole nitrogens is 2. The maximum absolute atomic E-state index is 14.0. The van der Waals surface area contributed by atoms with Crippen LogP contribution in [0.5, 0.6) is 0 Å². The molecule has 1 spiro atoms. The number of amides is 3. The average Bonchev–Trinajstić information content (AvgIpc) is 4.14. The summed E-state index contributed by atoms with van der Waals surface area (Å²) in [6.45, 7) is 8.86. The minimum absolute atomic E-state index is 0.00755. The smallest absolute Gasteiger partial charge is 0.407 e. The first-order chi connectivity index (χ1) is 33.3. The van der Waals surface area contributed by atoms with Gasteiger partial charge in [-0.3, -0.25) is 19.2 Å². The number of carbonyl (C=O) groups excluding carboxylic acids is 4. The molecule has 4 atom stereocenters. The quantitative estimate of drug-likeness (QED) is 0.103. The van der Waals surface area contributed by atoms with Crippen molar-refractivity contribution >= 4 is 34.8 Å². The number of alkyl carbamates (subject to hydrolysis) is 1. The van der Waals surface area contributed by atoms with Gasteiger partial charge in [0.15, 0.2) is 0 Å². The molecule has 2 aromatic heterocycles. The molecule has 3 aromatic carbocycles. The fourth-order valence-electron chi connectivity index (χ4n) is 11.8. The normalized spacial score (nSPS) is 19.8. The number of ether oxygens (including phenoxy) is 2. The van der Waals surface area contributed by atoms with E-state index in [2.05, 4.69) is 57.7 Å². The van der Waals surface area contributed by atoms with Gasteiger partial charge in [0.05, 0.1) is 61.4 Å². The van der Waals surface area contributed by atoms with Gasteiger partial charge < -0.3 is 34.6 Å². The molecule has 0 unspecified atom stereocenters. The Balaban J connectivity index is 0.980. The molecule has 0 bridgehead atoms.